The van der Waals surface area contributed by atoms with Gasteiger partial charge in [0.25, 0.3) is 5.24 Å². The number of aromatic hydroxyl groups is 2. The minimum atomic E-state index is -1.23. The summed E-state index contributed by atoms with van der Waals surface area (Å²) in [5.41, 5.74) is -1.28. The first-order valence-corrected chi connectivity index (χ1v) is 5.84. The number of halogens is 1. The second-order valence-electron chi connectivity index (χ2n) is 3.71. The fourth-order valence-electron chi connectivity index (χ4n) is 1.53. The lowest BCUT2D eigenvalue weighted by molar-refractivity contribution is -0.138. The van der Waals surface area contributed by atoms with Crippen molar-refractivity contribution in [2.45, 2.75) is 0 Å². The molecule has 0 aromatic heterocycles. The highest BCUT2D eigenvalue weighted by Gasteiger charge is 2.29. The van der Waals surface area contributed by atoms with Gasteiger partial charge in [-0.25, -0.2) is 9.59 Å². The molecule has 1 aromatic rings. The molecule has 112 valence electrons. The van der Waals surface area contributed by atoms with Gasteiger partial charge in [0, 0.05) is 0 Å². The predicted octanol–water partition coefficient (Wildman–Crippen LogP) is 0.963. The van der Waals surface area contributed by atoms with Crippen LogP contribution in [0.2, 0.25) is 0 Å². The highest BCUT2D eigenvalue weighted by molar-refractivity contribution is 6.72. The number of esters is 2. The normalized spacial score (nSPS) is 11.4. The lowest BCUT2D eigenvalue weighted by Gasteiger charge is -2.10. The maximum Gasteiger partial charge on any atom is 0.343 e. The molecule has 0 bridgehead atoms. The van der Waals surface area contributed by atoms with Gasteiger partial charge in [0.2, 0.25) is 0 Å². The maximum atomic E-state index is 11.8. The van der Waals surface area contributed by atoms with Gasteiger partial charge >= 0.3 is 11.9 Å². The first kappa shape index (κ1) is 16.5. The Hall–Kier alpha value is -2.54. The SMILES string of the molecule is COC(=O)/C(C(=O)Cl)=C(/C(=O)OC)c1ccc(O)c(O)c1. The number of rotatable bonds is 4. The molecule has 21 heavy (non-hydrogen) atoms. The van der Waals surface area contributed by atoms with Gasteiger partial charge in [-0.15, -0.1) is 0 Å². The Morgan fingerprint density at radius 2 is 1.57 bits per heavy atom. The van der Waals surface area contributed by atoms with E-state index in [9.17, 15) is 24.6 Å². The smallest absolute Gasteiger partial charge is 0.343 e. The molecule has 0 spiro atoms. The van der Waals surface area contributed by atoms with E-state index in [2.05, 4.69) is 9.47 Å². The molecule has 8 heteroatoms. The second-order valence-corrected chi connectivity index (χ2v) is 4.05. The lowest BCUT2D eigenvalue weighted by Crippen LogP contribution is -2.17. The third-order valence-electron chi connectivity index (χ3n) is 2.49. The molecule has 0 heterocycles. The molecular formula is C13H11ClO7. The lowest BCUT2D eigenvalue weighted by atomic mass is 9.99. The minimum absolute atomic E-state index is 0.0495. The Labute approximate surface area is 124 Å². The first-order chi connectivity index (χ1) is 9.83. The summed E-state index contributed by atoms with van der Waals surface area (Å²) in [6, 6.07) is 3.25. The average Bonchev–Trinajstić information content (AvgIpc) is 2.45. The van der Waals surface area contributed by atoms with Crippen LogP contribution in [0.15, 0.2) is 23.8 Å². The summed E-state index contributed by atoms with van der Waals surface area (Å²) in [6.07, 6.45) is 0. The number of phenolic OH excluding ortho intramolecular Hbond substituents is 2. The predicted molar refractivity (Wildman–Crippen MR) is 71.6 cm³/mol. The summed E-state index contributed by atoms with van der Waals surface area (Å²) >= 11 is 5.32. The van der Waals surface area contributed by atoms with Gasteiger partial charge in [0.05, 0.1) is 19.8 Å². The van der Waals surface area contributed by atoms with Gasteiger partial charge in [0.15, 0.2) is 11.5 Å². The topological polar surface area (TPSA) is 110 Å². The van der Waals surface area contributed by atoms with Crippen molar-refractivity contribution in [1.29, 1.82) is 0 Å². The summed E-state index contributed by atoms with van der Waals surface area (Å²) < 4.78 is 8.91. The number of methoxy groups -OCH3 is 2. The highest BCUT2D eigenvalue weighted by Crippen LogP contribution is 2.31. The van der Waals surface area contributed by atoms with Crippen LogP contribution in [-0.2, 0) is 23.9 Å². The van der Waals surface area contributed by atoms with Crippen molar-refractivity contribution in [3.05, 3.63) is 29.3 Å². The number of carbonyl (C=O) groups excluding carboxylic acids is 3. The zero-order chi connectivity index (χ0) is 16.2. The number of carbonyl (C=O) groups is 3. The average molecular weight is 315 g/mol. The van der Waals surface area contributed by atoms with Crippen molar-refractivity contribution in [2.24, 2.45) is 0 Å². The van der Waals surface area contributed by atoms with Crippen LogP contribution in [0, 0.1) is 0 Å². The number of benzene rings is 1. The minimum Gasteiger partial charge on any atom is -0.504 e. The van der Waals surface area contributed by atoms with E-state index in [-0.39, 0.29) is 5.56 Å². The van der Waals surface area contributed by atoms with E-state index in [1.54, 1.807) is 0 Å². The Kier molecular flexibility index (Phi) is 5.31. The molecule has 0 aliphatic heterocycles. The van der Waals surface area contributed by atoms with E-state index >= 15 is 0 Å². The largest absolute Gasteiger partial charge is 0.504 e. The Morgan fingerprint density at radius 1 is 1.00 bits per heavy atom. The molecule has 0 unspecified atom stereocenters. The third kappa shape index (κ3) is 3.51. The highest BCUT2D eigenvalue weighted by atomic mass is 35.5. The summed E-state index contributed by atoms with van der Waals surface area (Å²) in [6.45, 7) is 0. The van der Waals surface area contributed by atoms with Gasteiger partial charge in [0.1, 0.15) is 5.57 Å². The molecule has 7 nitrogen and oxygen atoms in total. The first-order valence-electron chi connectivity index (χ1n) is 5.46. The molecule has 0 fully saturated rings. The molecule has 0 saturated heterocycles. The molecule has 0 radical (unpaired) electrons. The Morgan fingerprint density at radius 3 is 2.00 bits per heavy atom. The van der Waals surface area contributed by atoms with Gasteiger partial charge in [-0.2, -0.15) is 0 Å². The van der Waals surface area contributed by atoms with Crippen molar-refractivity contribution in [1.82, 2.24) is 0 Å². The summed E-state index contributed by atoms with van der Waals surface area (Å²) in [4.78, 5) is 34.9. The number of hydrogen-bond donors (Lipinski definition) is 2. The second kappa shape index (κ2) is 6.76. The van der Waals surface area contributed by atoms with Crippen molar-refractivity contribution in [3.63, 3.8) is 0 Å². The summed E-state index contributed by atoms with van der Waals surface area (Å²) in [7, 11) is 2.04. The molecule has 0 atom stereocenters. The van der Waals surface area contributed by atoms with Crippen molar-refractivity contribution in [2.75, 3.05) is 14.2 Å². The zero-order valence-electron chi connectivity index (χ0n) is 11.0. The van der Waals surface area contributed by atoms with Gasteiger partial charge in [-0.05, 0) is 29.3 Å². The molecule has 1 rings (SSSR count). The Balaban J connectivity index is 3.67. The maximum absolute atomic E-state index is 11.8. The van der Waals surface area contributed by atoms with Gasteiger partial charge in [-0.3, -0.25) is 4.79 Å². The van der Waals surface area contributed by atoms with Crippen LogP contribution in [0.25, 0.3) is 5.57 Å². The number of ether oxygens (including phenoxy) is 2. The number of hydrogen-bond acceptors (Lipinski definition) is 7. The molecule has 0 amide bonds. The van der Waals surface area contributed by atoms with Gasteiger partial charge in [-0.1, -0.05) is 6.07 Å². The fourth-order valence-corrected chi connectivity index (χ4v) is 1.70. The van der Waals surface area contributed by atoms with Crippen molar-refractivity contribution in [3.8, 4) is 11.5 Å². The van der Waals surface area contributed by atoms with Crippen molar-refractivity contribution >= 4 is 34.4 Å². The van der Waals surface area contributed by atoms with E-state index in [1.165, 1.54) is 6.07 Å². The van der Waals surface area contributed by atoms with Crippen LogP contribution >= 0.6 is 11.6 Å². The van der Waals surface area contributed by atoms with Crippen LogP contribution in [-0.4, -0.2) is 41.6 Å². The quantitative estimate of drug-likeness (QED) is 0.213. The third-order valence-corrected chi connectivity index (χ3v) is 2.68. The van der Waals surface area contributed by atoms with Crippen LogP contribution in [0.5, 0.6) is 11.5 Å². The van der Waals surface area contributed by atoms with E-state index < -0.39 is 39.8 Å². The summed E-state index contributed by atoms with van der Waals surface area (Å²) in [5, 5.41) is 17.5. The molecule has 1 aromatic carbocycles. The standard InChI is InChI=1S/C13H11ClO7/c1-20-12(18)9(10(11(14)17)13(19)21-2)6-3-4-7(15)8(16)5-6/h3-5,15-16H,1-2H3/b10-9+. The monoisotopic (exact) mass is 314 g/mol. The van der Waals surface area contributed by atoms with E-state index in [4.69, 9.17) is 11.6 Å². The van der Waals surface area contributed by atoms with Crippen LogP contribution in [0.1, 0.15) is 5.56 Å². The summed E-state index contributed by atoms with van der Waals surface area (Å²) in [5.74, 6) is -3.17. The molecule has 2 N–H and O–H groups in total. The molecule has 0 aliphatic carbocycles. The van der Waals surface area contributed by atoms with Crippen LogP contribution in [0.3, 0.4) is 0 Å². The number of phenols is 2. The van der Waals surface area contributed by atoms with Gasteiger partial charge < -0.3 is 19.7 Å². The fraction of sp³-hybridized carbons (Fsp3) is 0.154. The van der Waals surface area contributed by atoms with E-state index in [1.807, 2.05) is 0 Å². The van der Waals surface area contributed by atoms with Crippen LogP contribution < -0.4 is 0 Å². The van der Waals surface area contributed by atoms with E-state index in [0.717, 1.165) is 26.4 Å². The van der Waals surface area contributed by atoms with Crippen molar-refractivity contribution < 1.29 is 34.1 Å². The Bertz CT molecular complexity index is 633. The molecule has 0 saturated carbocycles. The van der Waals surface area contributed by atoms with Crippen LogP contribution in [0.4, 0.5) is 0 Å². The zero-order valence-corrected chi connectivity index (χ0v) is 11.8. The van der Waals surface area contributed by atoms with E-state index in [0.29, 0.717) is 0 Å². The molecule has 0 aliphatic rings. The molecular weight excluding hydrogens is 304 g/mol.